The molecular weight excluding hydrogens is 709 g/mol. The Bertz CT molecular complexity index is 872. The fraction of sp³-hybridized carbons (Fsp3) is 0.941. The van der Waals surface area contributed by atoms with E-state index in [0.29, 0.717) is 19.3 Å². The Morgan fingerprint density at radius 1 is 0.368 bits per heavy atom. The predicted octanol–water partition coefficient (Wildman–Crippen LogP) is 16.1. The fourth-order valence-corrected chi connectivity index (χ4v) is 7.60. The maximum Gasteiger partial charge on any atom is 0.306 e. The molecule has 0 radical (unpaired) electrons. The maximum absolute atomic E-state index is 12.8. The molecule has 0 aromatic rings. The van der Waals surface area contributed by atoms with Crippen molar-refractivity contribution in [2.45, 2.75) is 285 Å². The molecule has 6 nitrogen and oxygen atoms in total. The second-order valence-corrected chi connectivity index (χ2v) is 18.2. The lowest BCUT2D eigenvalue weighted by Gasteiger charge is -2.18. The van der Waals surface area contributed by atoms with Crippen LogP contribution >= 0.6 is 0 Å². The van der Waals surface area contributed by atoms with Gasteiger partial charge in [0, 0.05) is 19.3 Å². The number of carbonyl (C=O) groups excluding carboxylic acids is 3. The quantitative estimate of drug-likeness (QED) is 0.0346. The molecule has 0 N–H and O–H groups in total. The van der Waals surface area contributed by atoms with E-state index in [1.807, 2.05) is 0 Å². The molecule has 0 amide bonds. The highest BCUT2D eigenvalue weighted by atomic mass is 16.6. The molecule has 0 fully saturated rings. The Labute approximate surface area is 355 Å². The van der Waals surface area contributed by atoms with Crippen LogP contribution in [0, 0.1) is 11.8 Å². The van der Waals surface area contributed by atoms with Crippen LogP contribution in [-0.4, -0.2) is 37.2 Å². The Kier molecular flexibility index (Phi) is 42.7. The maximum atomic E-state index is 12.8. The minimum Gasteiger partial charge on any atom is -0.462 e. The Morgan fingerprint density at radius 3 is 1.00 bits per heavy atom. The Hall–Kier alpha value is -1.59. The van der Waals surface area contributed by atoms with Gasteiger partial charge in [-0.15, -0.1) is 0 Å². The lowest BCUT2D eigenvalue weighted by molar-refractivity contribution is -0.167. The van der Waals surface area contributed by atoms with Gasteiger partial charge in [-0.05, 0) is 31.1 Å². The van der Waals surface area contributed by atoms with Crippen LogP contribution in [0.1, 0.15) is 279 Å². The molecule has 0 aliphatic heterocycles. The van der Waals surface area contributed by atoms with Gasteiger partial charge in [0.1, 0.15) is 13.2 Å². The summed E-state index contributed by atoms with van der Waals surface area (Å²) in [6.45, 7) is 11.3. The zero-order valence-electron chi connectivity index (χ0n) is 39.0. The molecular formula is C51H98O6. The second-order valence-electron chi connectivity index (χ2n) is 18.2. The van der Waals surface area contributed by atoms with E-state index in [4.69, 9.17) is 14.2 Å². The highest BCUT2D eigenvalue weighted by molar-refractivity contribution is 5.71. The molecule has 0 saturated carbocycles. The summed E-state index contributed by atoms with van der Waals surface area (Å²) in [5, 5.41) is 0. The van der Waals surface area contributed by atoms with Crippen LogP contribution in [0.3, 0.4) is 0 Å². The minimum atomic E-state index is -0.762. The van der Waals surface area contributed by atoms with Crippen LogP contribution in [-0.2, 0) is 28.6 Å². The summed E-state index contributed by atoms with van der Waals surface area (Å²) in [7, 11) is 0. The van der Waals surface area contributed by atoms with Crippen molar-refractivity contribution in [3.8, 4) is 0 Å². The molecule has 0 bridgehead atoms. The average Bonchev–Trinajstić information content (AvgIpc) is 3.19. The first-order chi connectivity index (χ1) is 27.8. The van der Waals surface area contributed by atoms with E-state index in [-0.39, 0.29) is 31.1 Å². The monoisotopic (exact) mass is 807 g/mol. The van der Waals surface area contributed by atoms with Crippen LogP contribution in [0.25, 0.3) is 0 Å². The Morgan fingerprint density at radius 2 is 0.667 bits per heavy atom. The van der Waals surface area contributed by atoms with Gasteiger partial charge >= 0.3 is 17.9 Å². The van der Waals surface area contributed by atoms with Gasteiger partial charge < -0.3 is 14.2 Å². The summed E-state index contributed by atoms with van der Waals surface area (Å²) in [5.74, 6) is 0.755. The van der Waals surface area contributed by atoms with Crippen molar-refractivity contribution in [2.75, 3.05) is 13.2 Å². The van der Waals surface area contributed by atoms with E-state index >= 15 is 0 Å². The molecule has 338 valence electrons. The third-order valence-electron chi connectivity index (χ3n) is 11.8. The van der Waals surface area contributed by atoms with Crippen molar-refractivity contribution in [2.24, 2.45) is 11.8 Å². The van der Waals surface area contributed by atoms with Gasteiger partial charge in [0.15, 0.2) is 6.10 Å². The standard InChI is InChI=1S/C51H98O6/c1-6-8-9-10-11-12-13-14-15-16-17-18-19-20-21-26-33-38-43-51(54)57-48(45-56-50(53)42-37-32-28-27-30-35-40-47(5)7-2)44-55-49(52)41-36-31-25-23-22-24-29-34-39-46(3)4/h46-48H,6-45H2,1-5H3/t47?,48-/m1/s1. The largest absolute Gasteiger partial charge is 0.462 e. The van der Waals surface area contributed by atoms with Gasteiger partial charge in [-0.2, -0.15) is 0 Å². The first kappa shape index (κ1) is 55.4. The predicted molar refractivity (Wildman–Crippen MR) is 243 cm³/mol. The molecule has 0 aliphatic rings. The van der Waals surface area contributed by atoms with E-state index < -0.39 is 6.10 Å². The van der Waals surface area contributed by atoms with E-state index in [0.717, 1.165) is 69.6 Å². The first-order valence-corrected chi connectivity index (χ1v) is 25.3. The van der Waals surface area contributed by atoms with Crippen LogP contribution in [0.4, 0.5) is 0 Å². The summed E-state index contributed by atoms with van der Waals surface area (Å²) in [5.41, 5.74) is 0. The van der Waals surface area contributed by atoms with Gasteiger partial charge in [-0.3, -0.25) is 14.4 Å². The SMILES string of the molecule is CCCCCCCCCCCCCCCCCCCCC(=O)O[C@H](COC(=O)CCCCCCCCCCC(C)C)COC(=O)CCCCCCCCC(C)CC. The van der Waals surface area contributed by atoms with Crippen molar-refractivity contribution in [1.29, 1.82) is 0 Å². The van der Waals surface area contributed by atoms with Crippen molar-refractivity contribution in [1.82, 2.24) is 0 Å². The van der Waals surface area contributed by atoms with Gasteiger partial charge in [0.05, 0.1) is 0 Å². The molecule has 0 spiro atoms. The van der Waals surface area contributed by atoms with Gasteiger partial charge in [-0.25, -0.2) is 0 Å². The van der Waals surface area contributed by atoms with Gasteiger partial charge in [0.2, 0.25) is 0 Å². The summed E-state index contributed by atoms with van der Waals surface area (Å²) >= 11 is 0. The van der Waals surface area contributed by atoms with Crippen LogP contribution in [0.5, 0.6) is 0 Å². The molecule has 0 rings (SSSR count). The summed E-state index contributed by atoms with van der Waals surface area (Å²) in [4.78, 5) is 37.8. The van der Waals surface area contributed by atoms with E-state index in [1.54, 1.807) is 0 Å². The molecule has 0 aromatic carbocycles. The lowest BCUT2D eigenvalue weighted by Crippen LogP contribution is -2.30. The highest BCUT2D eigenvalue weighted by Crippen LogP contribution is 2.17. The van der Waals surface area contributed by atoms with E-state index in [9.17, 15) is 14.4 Å². The van der Waals surface area contributed by atoms with Crippen LogP contribution in [0.2, 0.25) is 0 Å². The zero-order valence-corrected chi connectivity index (χ0v) is 39.0. The van der Waals surface area contributed by atoms with Crippen molar-refractivity contribution in [3.05, 3.63) is 0 Å². The smallest absolute Gasteiger partial charge is 0.306 e. The third-order valence-corrected chi connectivity index (χ3v) is 11.8. The molecule has 0 saturated heterocycles. The molecule has 1 unspecified atom stereocenters. The highest BCUT2D eigenvalue weighted by Gasteiger charge is 2.19. The number of unbranched alkanes of at least 4 members (excludes halogenated alkanes) is 29. The van der Waals surface area contributed by atoms with E-state index in [2.05, 4.69) is 34.6 Å². The number of esters is 3. The summed E-state index contributed by atoms with van der Waals surface area (Å²) in [6.07, 6.45) is 43.8. The summed E-state index contributed by atoms with van der Waals surface area (Å²) in [6, 6.07) is 0. The minimum absolute atomic E-state index is 0.0655. The Balaban J connectivity index is 4.27. The molecule has 57 heavy (non-hydrogen) atoms. The molecule has 0 heterocycles. The van der Waals surface area contributed by atoms with Gasteiger partial charge in [0.25, 0.3) is 0 Å². The lowest BCUT2D eigenvalue weighted by atomic mass is 10.00. The zero-order chi connectivity index (χ0) is 41.9. The summed E-state index contributed by atoms with van der Waals surface area (Å²) < 4.78 is 16.8. The van der Waals surface area contributed by atoms with Crippen molar-refractivity contribution in [3.63, 3.8) is 0 Å². The molecule has 2 atom stereocenters. The van der Waals surface area contributed by atoms with Gasteiger partial charge in [-0.1, -0.05) is 240 Å². The normalized spacial score (nSPS) is 12.5. The molecule has 6 heteroatoms. The second kappa shape index (κ2) is 44.0. The number of rotatable bonds is 45. The molecule has 0 aromatic heterocycles. The number of carbonyl (C=O) groups is 3. The number of hydrogen-bond donors (Lipinski definition) is 0. The number of ether oxygens (including phenoxy) is 3. The third kappa shape index (κ3) is 43.8. The first-order valence-electron chi connectivity index (χ1n) is 25.3. The average molecular weight is 807 g/mol. The topological polar surface area (TPSA) is 78.9 Å². The van der Waals surface area contributed by atoms with Crippen molar-refractivity contribution >= 4 is 17.9 Å². The number of hydrogen-bond acceptors (Lipinski definition) is 6. The van der Waals surface area contributed by atoms with E-state index in [1.165, 1.54) is 167 Å². The van der Waals surface area contributed by atoms with Crippen LogP contribution < -0.4 is 0 Å². The fourth-order valence-electron chi connectivity index (χ4n) is 7.60. The van der Waals surface area contributed by atoms with Crippen molar-refractivity contribution < 1.29 is 28.6 Å². The van der Waals surface area contributed by atoms with Crippen LogP contribution in [0.15, 0.2) is 0 Å². The molecule has 0 aliphatic carbocycles.